The normalized spacial score (nSPS) is 14.4. The molecule has 0 bridgehead atoms. The minimum absolute atomic E-state index is 0.445. The number of benzene rings is 5. The predicted octanol–water partition coefficient (Wildman–Crippen LogP) is 8.54. The van der Waals surface area contributed by atoms with Gasteiger partial charge in [-0.15, -0.1) is 0 Å². The third kappa shape index (κ3) is 3.59. The average Bonchev–Trinajstić information content (AvgIpc) is 3.59. The number of allylic oxidation sites excluding steroid dienone is 2. The molecular formula is C33H21BF2N2. The van der Waals surface area contributed by atoms with Crippen LogP contribution in [0.3, 0.4) is 0 Å². The summed E-state index contributed by atoms with van der Waals surface area (Å²) in [6.45, 7) is 0. The molecule has 0 saturated heterocycles. The Morgan fingerprint density at radius 1 is 0.632 bits per heavy atom. The van der Waals surface area contributed by atoms with Crippen LogP contribution in [0.4, 0.5) is 8.63 Å². The molecule has 0 aliphatic carbocycles. The standard InChI is InChI=1S/C33H21BF2N2/c35-34(36)38-31-17-9-5-13-24(31)21-32(38)33(22-10-2-1-3-11-22)30-19-18-29(37-30)28-20-23-12-4-6-14-25(23)26-15-7-8-16-27(26)28/h1-21H/b33-30+. The molecule has 0 amide bonds. The van der Waals surface area contributed by atoms with Crippen LogP contribution in [-0.2, 0) is 0 Å². The maximum atomic E-state index is 14.5. The van der Waals surface area contributed by atoms with Gasteiger partial charge in [-0.25, -0.2) is 4.99 Å². The van der Waals surface area contributed by atoms with Crippen molar-refractivity contribution >= 4 is 51.1 Å². The number of para-hydroxylation sites is 1. The van der Waals surface area contributed by atoms with Gasteiger partial charge in [-0.3, -0.25) is 8.63 Å². The highest BCUT2D eigenvalue weighted by molar-refractivity contribution is 6.43. The second kappa shape index (κ2) is 8.96. The molecule has 0 unspecified atom stereocenters. The van der Waals surface area contributed by atoms with Gasteiger partial charge >= 0.3 is 7.40 Å². The highest BCUT2D eigenvalue weighted by atomic mass is 19.2. The summed E-state index contributed by atoms with van der Waals surface area (Å²) in [6.07, 6.45) is 3.93. The third-order valence-corrected chi connectivity index (χ3v) is 7.20. The van der Waals surface area contributed by atoms with E-state index in [0.717, 1.165) is 42.9 Å². The first kappa shape index (κ1) is 22.4. The Kier molecular flexibility index (Phi) is 5.29. The van der Waals surface area contributed by atoms with Crippen molar-refractivity contribution in [3.05, 3.63) is 150 Å². The smallest absolute Gasteiger partial charge is 0.325 e. The summed E-state index contributed by atoms with van der Waals surface area (Å²) >= 11 is 0. The van der Waals surface area contributed by atoms with Crippen LogP contribution in [0.5, 0.6) is 0 Å². The van der Waals surface area contributed by atoms with Gasteiger partial charge in [0, 0.05) is 22.3 Å². The lowest BCUT2D eigenvalue weighted by Crippen LogP contribution is -2.16. The highest BCUT2D eigenvalue weighted by Gasteiger charge is 2.27. The van der Waals surface area contributed by atoms with Gasteiger partial charge in [-0.2, -0.15) is 0 Å². The molecule has 0 spiro atoms. The number of fused-ring (bicyclic) bond motifs is 4. The summed E-state index contributed by atoms with van der Waals surface area (Å²) < 4.78 is 30.1. The Labute approximate surface area is 219 Å². The van der Waals surface area contributed by atoms with Crippen molar-refractivity contribution < 1.29 is 8.63 Å². The van der Waals surface area contributed by atoms with E-state index in [1.165, 1.54) is 5.39 Å². The summed E-state index contributed by atoms with van der Waals surface area (Å²) in [4.78, 5) is 5.07. The molecule has 7 rings (SSSR count). The van der Waals surface area contributed by atoms with Gasteiger partial charge in [0.1, 0.15) is 0 Å². The van der Waals surface area contributed by atoms with Gasteiger partial charge in [0.15, 0.2) is 0 Å². The number of aromatic nitrogens is 1. The van der Waals surface area contributed by atoms with E-state index in [9.17, 15) is 8.63 Å². The van der Waals surface area contributed by atoms with E-state index >= 15 is 0 Å². The fourth-order valence-corrected chi connectivity index (χ4v) is 5.53. The third-order valence-electron chi connectivity index (χ3n) is 7.20. The van der Waals surface area contributed by atoms with Crippen LogP contribution < -0.4 is 0 Å². The molecule has 1 aromatic heterocycles. The second-order valence-corrected chi connectivity index (χ2v) is 9.38. The number of aliphatic imine (C=N–C) groups is 1. The Morgan fingerprint density at radius 3 is 2.08 bits per heavy atom. The molecule has 0 N–H and O–H groups in total. The quantitative estimate of drug-likeness (QED) is 0.173. The van der Waals surface area contributed by atoms with Gasteiger partial charge in [-0.05, 0) is 62.8 Å². The molecule has 2 nitrogen and oxygen atoms in total. The van der Waals surface area contributed by atoms with E-state index in [-0.39, 0.29) is 0 Å². The molecular weight excluding hydrogens is 473 g/mol. The van der Waals surface area contributed by atoms with Gasteiger partial charge in [0.05, 0.1) is 11.4 Å². The zero-order chi connectivity index (χ0) is 25.6. The molecule has 6 aromatic rings. The largest absolute Gasteiger partial charge is 0.678 e. The Hall–Kier alpha value is -4.77. The number of hydrogen-bond donors (Lipinski definition) is 0. The zero-order valence-electron chi connectivity index (χ0n) is 20.4. The van der Waals surface area contributed by atoms with E-state index in [1.54, 1.807) is 12.1 Å². The van der Waals surface area contributed by atoms with Crippen molar-refractivity contribution in [2.24, 2.45) is 4.99 Å². The number of halogens is 2. The maximum absolute atomic E-state index is 14.5. The molecule has 5 heteroatoms. The first-order valence-electron chi connectivity index (χ1n) is 12.5. The Morgan fingerprint density at radius 2 is 1.29 bits per heavy atom. The summed E-state index contributed by atoms with van der Waals surface area (Å²) in [5.41, 5.74) is 4.96. The molecule has 0 saturated carbocycles. The van der Waals surface area contributed by atoms with E-state index < -0.39 is 7.40 Å². The second-order valence-electron chi connectivity index (χ2n) is 9.38. The topological polar surface area (TPSA) is 17.3 Å². The van der Waals surface area contributed by atoms with Crippen molar-refractivity contribution in [3.63, 3.8) is 0 Å². The molecule has 0 fully saturated rings. The van der Waals surface area contributed by atoms with Crippen LogP contribution in [0.15, 0.2) is 138 Å². The van der Waals surface area contributed by atoms with E-state index in [4.69, 9.17) is 4.99 Å². The van der Waals surface area contributed by atoms with Crippen LogP contribution in [0, 0.1) is 0 Å². The first-order chi connectivity index (χ1) is 18.7. The van der Waals surface area contributed by atoms with Crippen molar-refractivity contribution in [3.8, 4) is 0 Å². The summed E-state index contributed by atoms with van der Waals surface area (Å²) in [5, 5.41) is 5.37. The van der Waals surface area contributed by atoms with Gasteiger partial charge in [0.25, 0.3) is 0 Å². The zero-order valence-corrected chi connectivity index (χ0v) is 20.4. The number of hydrogen-bond acceptors (Lipinski definition) is 1. The number of rotatable bonds is 4. The average molecular weight is 494 g/mol. The van der Waals surface area contributed by atoms with Gasteiger partial charge in [-0.1, -0.05) is 97.1 Å². The molecule has 38 heavy (non-hydrogen) atoms. The van der Waals surface area contributed by atoms with Crippen LogP contribution in [0.1, 0.15) is 16.8 Å². The van der Waals surface area contributed by atoms with Crippen LogP contribution in [-0.4, -0.2) is 17.6 Å². The fourth-order valence-electron chi connectivity index (χ4n) is 5.53. The van der Waals surface area contributed by atoms with E-state index in [2.05, 4.69) is 36.4 Å². The van der Waals surface area contributed by atoms with Crippen molar-refractivity contribution in [1.29, 1.82) is 0 Å². The van der Waals surface area contributed by atoms with Crippen LogP contribution >= 0.6 is 0 Å². The molecule has 0 atom stereocenters. The van der Waals surface area contributed by atoms with Crippen LogP contribution in [0.2, 0.25) is 0 Å². The SMILES string of the molecule is FB(F)n1c(/C(=C2\C=CC(c3cc4ccccc4c4ccccc34)=N2)c2ccccc2)cc2ccccc21. The minimum Gasteiger partial charge on any atom is -0.325 e. The van der Waals surface area contributed by atoms with Gasteiger partial charge < -0.3 is 4.48 Å². The Bertz CT molecular complexity index is 1950. The van der Waals surface area contributed by atoms with Crippen LogP contribution in [0.25, 0.3) is 38.0 Å². The maximum Gasteiger partial charge on any atom is 0.678 e. The predicted molar refractivity (Wildman–Crippen MR) is 155 cm³/mol. The Balaban J connectivity index is 1.50. The first-order valence-corrected chi connectivity index (χ1v) is 12.5. The van der Waals surface area contributed by atoms with Gasteiger partial charge in [0.2, 0.25) is 0 Å². The lowest BCUT2D eigenvalue weighted by atomic mass is 9.95. The molecule has 5 aromatic carbocycles. The van der Waals surface area contributed by atoms with Crippen molar-refractivity contribution in [1.82, 2.24) is 4.48 Å². The monoisotopic (exact) mass is 494 g/mol. The highest BCUT2D eigenvalue weighted by Crippen LogP contribution is 2.36. The van der Waals surface area contributed by atoms with E-state index in [1.807, 2.05) is 78.9 Å². The van der Waals surface area contributed by atoms with Crippen molar-refractivity contribution in [2.45, 2.75) is 0 Å². The molecule has 1 aliphatic heterocycles. The number of nitrogens with zero attached hydrogens (tertiary/aromatic N) is 2. The molecule has 180 valence electrons. The van der Waals surface area contributed by atoms with E-state index in [0.29, 0.717) is 22.5 Å². The summed E-state index contributed by atoms with van der Waals surface area (Å²) in [5.74, 6) is 0. The molecule has 0 radical (unpaired) electrons. The molecule has 1 aliphatic rings. The minimum atomic E-state index is -2.69. The summed E-state index contributed by atoms with van der Waals surface area (Å²) in [7, 11) is -2.69. The lowest BCUT2D eigenvalue weighted by Gasteiger charge is -2.13. The summed E-state index contributed by atoms with van der Waals surface area (Å²) in [6, 6.07) is 37.6. The van der Waals surface area contributed by atoms with Crippen molar-refractivity contribution in [2.75, 3.05) is 0 Å². The molecule has 2 heterocycles. The lowest BCUT2D eigenvalue weighted by molar-refractivity contribution is 0.633. The fraction of sp³-hybridized carbons (Fsp3) is 0.